The molecule has 130 valence electrons. The third-order valence-electron chi connectivity index (χ3n) is 4.15. The summed E-state index contributed by atoms with van der Waals surface area (Å²) >= 11 is 3.81. The summed E-state index contributed by atoms with van der Waals surface area (Å²) in [6.07, 6.45) is 5.17. The molecule has 1 saturated heterocycles. The van der Waals surface area contributed by atoms with E-state index in [9.17, 15) is 0 Å². The van der Waals surface area contributed by atoms with Crippen molar-refractivity contribution in [2.45, 2.75) is 37.5 Å². The summed E-state index contributed by atoms with van der Waals surface area (Å²) in [4.78, 5) is 6.02. The second-order valence-corrected chi connectivity index (χ2v) is 8.97. The van der Waals surface area contributed by atoms with Gasteiger partial charge >= 0.3 is 0 Å². The van der Waals surface area contributed by atoms with Crippen molar-refractivity contribution in [2.75, 3.05) is 18.8 Å². The zero-order chi connectivity index (χ0) is 16.7. The first kappa shape index (κ1) is 17.4. The van der Waals surface area contributed by atoms with Crippen LogP contribution in [0.3, 0.4) is 0 Å². The molecule has 1 atom stereocenters. The molecule has 1 fully saturated rings. The molecular weight excluding hydrogens is 338 g/mol. The number of aliphatic imine (C=N–C) groups is 1. The first-order valence-electron chi connectivity index (χ1n) is 8.44. The van der Waals surface area contributed by atoms with Crippen LogP contribution in [0.4, 0.5) is 0 Å². The minimum absolute atomic E-state index is 0.326. The maximum Gasteiger partial charge on any atom is 0.191 e. The lowest BCUT2D eigenvalue weighted by Gasteiger charge is -2.24. The SMILES string of the molecule is CC1(CNC(=NCc2cccs2)NCCc2ccco2)CCCS1. The normalized spacial score (nSPS) is 21.1. The van der Waals surface area contributed by atoms with Crippen molar-refractivity contribution < 1.29 is 4.42 Å². The van der Waals surface area contributed by atoms with E-state index in [0.29, 0.717) is 4.75 Å². The molecule has 0 aliphatic carbocycles. The Morgan fingerprint density at radius 2 is 2.29 bits per heavy atom. The third kappa shape index (κ3) is 5.31. The molecular formula is C18H25N3OS2. The average Bonchev–Trinajstić information content (AvgIpc) is 3.32. The molecule has 1 aliphatic rings. The first-order chi connectivity index (χ1) is 11.7. The lowest BCUT2D eigenvalue weighted by molar-refractivity contribution is 0.506. The molecule has 0 bridgehead atoms. The summed E-state index contributed by atoms with van der Waals surface area (Å²) in [6.45, 7) is 4.83. The van der Waals surface area contributed by atoms with E-state index in [1.54, 1.807) is 17.6 Å². The van der Waals surface area contributed by atoms with Crippen LogP contribution in [-0.4, -0.2) is 29.5 Å². The molecule has 0 aromatic carbocycles. The lowest BCUT2D eigenvalue weighted by Crippen LogP contribution is -2.44. The third-order valence-corrected chi connectivity index (χ3v) is 6.55. The first-order valence-corrected chi connectivity index (χ1v) is 10.3. The lowest BCUT2D eigenvalue weighted by atomic mass is 10.1. The van der Waals surface area contributed by atoms with Gasteiger partial charge in [0.15, 0.2) is 5.96 Å². The van der Waals surface area contributed by atoms with E-state index < -0.39 is 0 Å². The second kappa shape index (κ2) is 8.62. The van der Waals surface area contributed by atoms with Crippen LogP contribution < -0.4 is 10.6 Å². The highest BCUT2D eigenvalue weighted by molar-refractivity contribution is 8.00. The van der Waals surface area contributed by atoms with Gasteiger partial charge < -0.3 is 15.1 Å². The summed E-state index contributed by atoms with van der Waals surface area (Å²) in [6, 6.07) is 8.14. The van der Waals surface area contributed by atoms with Gasteiger partial charge in [-0.05, 0) is 49.1 Å². The monoisotopic (exact) mass is 363 g/mol. The van der Waals surface area contributed by atoms with Crippen molar-refractivity contribution in [1.29, 1.82) is 0 Å². The standard InChI is InChI=1S/C18H25N3OS2/c1-18(8-4-12-24-18)14-21-17(20-13-16-6-3-11-23-16)19-9-7-15-5-2-10-22-15/h2-3,5-6,10-11H,4,7-9,12-14H2,1H3,(H2,19,20,21). The van der Waals surface area contributed by atoms with Gasteiger partial charge in [-0.1, -0.05) is 6.07 Å². The van der Waals surface area contributed by atoms with Crippen LogP contribution in [-0.2, 0) is 13.0 Å². The van der Waals surface area contributed by atoms with Gasteiger partial charge in [0, 0.05) is 29.1 Å². The van der Waals surface area contributed by atoms with Gasteiger partial charge in [0.1, 0.15) is 5.76 Å². The van der Waals surface area contributed by atoms with Gasteiger partial charge in [-0.25, -0.2) is 4.99 Å². The minimum atomic E-state index is 0.326. The Kier molecular flexibility index (Phi) is 6.26. The summed E-state index contributed by atoms with van der Waals surface area (Å²) in [5, 5.41) is 9.07. The minimum Gasteiger partial charge on any atom is -0.469 e. The Hall–Kier alpha value is -1.40. The maximum atomic E-state index is 5.39. The zero-order valence-corrected chi connectivity index (χ0v) is 15.7. The molecule has 0 amide bonds. The number of nitrogens with zero attached hydrogens (tertiary/aromatic N) is 1. The van der Waals surface area contributed by atoms with E-state index >= 15 is 0 Å². The summed E-state index contributed by atoms with van der Waals surface area (Å²) < 4.78 is 5.72. The molecule has 0 saturated carbocycles. The van der Waals surface area contributed by atoms with E-state index in [2.05, 4.69) is 46.8 Å². The molecule has 4 nitrogen and oxygen atoms in total. The highest BCUT2D eigenvalue weighted by atomic mass is 32.2. The van der Waals surface area contributed by atoms with Crippen LogP contribution in [0.15, 0.2) is 45.3 Å². The molecule has 3 rings (SSSR count). The number of thiophene rings is 1. The number of thioether (sulfide) groups is 1. The molecule has 0 radical (unpaired) electrons. The predicted octanol–water partition coefficient (Wildman–Crippen LogP) is 3.90. The summed E-state index contributed by atoms with van der Waals surface area (Å²) in [7, 11) is 0. The van der Waals surface area contributed by atoms with E-state index in [-0.39, 0.29) is 0 Å². The number of guanidine groups is 1. The summed E-state index contributed by atoms with van der Waals surface area (Å²) in [5.74, 6) is 3.16. The zero-order valence-electron chi connectivity index (χ0n) is 14.1. The van der Waals surface area contributed by atoms with Crippen molar-refractivity contribution in [3.63, 3.8) is 0 Å². The number of rotatable bonds is 7. The molecule has 1 unspecified atom stereocenters. The Balaban J connectivity index is 1.53. The van der Waals surface area contributed by atoms with Crippen molar-refractivity contribution in [3.05, 3.63) is 46.5 Å². The molecule has 2 aromatic heterocycles. The number of nitrogens with one attached hydrogen (secondary N) is 2. The van der Waals surface area contributed by atoms with Crippen molar-refractivity contribution >= 4 is 29.1 Å². The van der Waals surface area contributed by atoms with E-state index in [1.807, 2.05) is 12.1 Å². The summed E-state index contributed by atoms with van der Waals surface area (Å²) in [5.41, 5.74) is 0. The fourth-order valence-electron chi connectivity index (χ4n) is 2.74. The molecule has 0 spiro atoms. The van der Waals surface area contributed by atoms with Gasteiger partial charge in [0.2, 0.25) is 0 Å². The van der Waals surface area contributed by atoms with E-state index in [0.717, 1.165) is 37.8 Å². The van der Waals surface area contributed by atoms with Crippen LogP contribution >= 0.6 is 23.1 Å². The van der Waals surface area contributed by atoms with Gasteiger partial charge in [-0.2, -0.15) is 11.8 Å². The van der Waals surface area contributed by atoms with Crippen LogP contribution in [0.25, 0.3) is 0 Å². The van der Waals surface area contributed by atoms with Crippen molar-refractivity contribution in [3.8, 4) is 0 Å². The fourth-order valence-corrected chi connectivity index (χ4v) is 4.61. The highest BCUT2D eigenvalue weighted by Gasteiger charge is 2.29. The number of hydrogen-bond donors (Lipinski definition) is 2. The Morgan fingerprint density at radius 3 is 3.00 bits per heavy atom. The van der Waals surface area contributed by atoms with Gasteiger partial charge in [0.05, 0.1) is 12.8 Å². The quantitative estimate of drug-likeness (QED) is 0.578. The highest BCUT2D eigenvalue weighted by Crippen LogP contribution is 2.36. The molecule has 2 N–H and O–H groups in total. The van der Waals surface area contributed by atoms with Crippen molar-refractivity contribution in [2.24, 2.45) is 4.99 Å². The molecule has 24 heavy (non-hydrogen) atoms. The smallest absolute Gasteiger partial charge is 0.191 e. The predicted molar refractivity (Wildman–Crippen MR) is 104 cm³/mol. The topological polar surface area (TPSA) is 49.6 Å². The Morgan fingerprint density at radius 1 is 1.33 bits per heavy atom. The number of furan rings is 1. The van der Waals surface area contributed by atoms with E-state index in [4.69, 9.17) is 9.41 Å². The van der Waals surface area contributed by atoms with Gasteiger partial charge in [-0.3, -0.25) is 0 Å². The number of hydrogen-bond acceptors (Lipinski definition) is 4. The molecule has 2 aromatic rings. The van der Waals surface area contributed by atoms with Crippen LogP contribution in [0.5, 0.6) is 0 Å². The van der Waals surface area contributed by atoms with Crippen molar-refractivity contribution in [1.82, 2.24) is 10.6 Å². The largest absolute Gasteiger partial charge is 0.469 e. The van der Waals surface area contributed by atoms with Crippen LogP contribution in [0.2, 0.25) is 0 Å². The molecule has 6 heteroatoms. The molecule has 1 aliphatic heterocycles. The van der Waals surface area contributed by atoms with Crippen LogP contribution in [0, 0.1) is 0 Å². The Labute approximate surface area is 152 Å². The van der Waals surface area contributed by atoms with Crippen LogP contribution in [0.1, 0.15) is 30.4 Å². The Bertz CT molecular complexity index is 617. The average molecular weight is 364 g/mol. The molecule has 3 heterocycles. The van der Waals surface area contributed by atoms with Gasteiger partial charge in [-0.15, -0.1) is 11.3 Å². The maximum absolute atomic E-state index is 5.39. The van der Waals surface area contributed by atoms with E-state index in [1.165, 1.54) is 23.5 Å². The van der Waals surface area contributed by atoms with Gasteiger partial charge in [0.25, 0.3) is 0 Å². The fraction of sp³-hybridized carbons (Fsp3) is 0.500. The second-order valence-electron chi connectivity index (χ2n) is 6.26.